The third-order valence-electron chi connectivity index (χ3n) is 3.50. The van der Waals surface area contributed by atoms with Gasteiger partial charge in [-0.3, -0.25) is 0 Å². The summed E-state index contributed by atoms with van der Waals surface area (Å²) in [5.41, 5.74) is 1.18. The normalized spacial score (nSPS) is 11.0. The first-order valence-corrected chi connectivity index (χ1v) is 9.41. The molecule has 0 fully saturated rings. The SMILES string of the molecule is [C-]#[N+]/C(C#N)=N/c1cc2c3nsnc3c3cc(N=C(C#N)C#N)sc3c2s1. The van der Waals surface area contributed by atoms with Crippen molar-refractivity contribution in [2.45, 2.75) is 0 Å². The molecule has 0 unspecified atom stereocenters. The van der Waals surface area contributed by atoms with Gasteiger partial charge in [0.15, 0.2) is 0 Å². The predicted molar refractivity (Wildman–Crippen MR) is 106 cm³/mol. The molecule has 0 saturated carbocycles. The number of benzene rings is 1. The van der Waals surface area contributed by atoms with Gasteiger partial charge in [0.05, 0.1) is 21.1 Å². The minimum Gasteiger partial charge on any atom is -0.351 e. The Hall–Kier alpha value is -3.74. The standard InChI is InChI=1S/C16H2N8S3/c1-20-10(6-19)22-12-3-9-14-13(23-27-24-14)8-2-11(21-7(4-17)5-18)25-15(8)16(9)26-12/h2-3H/b22-10+. The molecule has 0 spiro atoms. The van der Waals surface area contributed by atoms with Gasteiger partial charge in [-0.15, -0.1) is 11.3 Å². The molecule has 0 N–H and O–H groups in total. The summed E-state index contributed by atoms with van der Waals surface area (Å²) in [5.74, 6) is -0.241. The Morgan fingerprint density at radius 3 is 1.96 bits per heavy atom. The van der Waals surface area contributed by atoms with Crippen molar-refractivity contribution in [1.29, 1.82) is 15.8 Å². The van der Waals surface area contributed by atoms with Crippen LogP contribution in [-0.2, 0) is 0 Å². The zero-order valence-electron chi connectivity index (χ0n) is 13.0. The lowest BCUT2D eigenvalue weighted by molar-refractivity contribution is 1.51. The van der Waals surface area contributed by atoms with Crippen LogP contribution < -0.4 is 0 Å². The van der Waals surface area contributed by atoms with Gasteiger partial charge in [-0.1, -0.05) is 22.9 Å². The first kappa shape index (κ1) is 16.7. The summed E-state index contributed by atoms with van der Waals surface area (Å²) in [5, 5.41) is 29.5. The van der Waals surface area contributed by atoms with Gasteiger partial charge in [0.25, 0.3) is 0 Å². The third-order valence-corrected chi connectivity index (χ3v) is 6.25. The molecular weight excluding hydrogens is 400 g/mol. The number of aliphatic imine (C=N–C) groups is 2. The van der Waals surface area contributed by atoms with Crippen LogP contribution in [0.25, 0.3) is 36.1 Å². The number of nitriles is 3. The van der Waals surface area contributed by atoms with E-state index in [2.05, 4.69) is 23.6 Å². The number of aromatic nitrogens is 2. The molecule has 1 aromatic carbocycles. The van der Waals surface area contributed by atoms with E-state index in [9.17, 15) is 0 Å². The lowest BCUT2D eigenvalue weighted by Crippen LogP contribution is -1.84. The molecule has 27 heavy (non-hydrogen) atoms. The molecule has 3 heterocycles. The summed E-state index contributed by atoms with van der Waals surface area (Å²) in [7, 11) is 0. The topological polar surface area (TPSA) is 126 Å². The van der Waals surface area contributed by atoms with Crippen LogP contribution in [0.15, 0.2) is 22.1 Å². The van der Waals surface area contributed by atoms with Crippen molar-refractivity contribution in [3.63, 3.8) is 0 Å². The molecule has 0 bridgehead atoms. The van der Waals surface area contributed by atoms with Gasteiger partial charge in [-0.2, -0.15) is 19.3 Å². The number of hydrogen-bond acceptors (Lipinski definition) is 10. The van der Waals surface area contributed by atoms with E-state index in [1.807, 2.05) is 0 Å². The van der Waals surface area contributed by atoms with E-state index >= 15 is 0 Å². The first-order chi connectivity index (χ1) is 13.2. The van der Waals surface area contributed by atoms with Crippen molar-refractivity contribution in [3.05, 3.63) is 23.5 Å². The van der Waals surface area contributed by atoms with Crippen molar-refractivity contribution in [3.8, 4) is 18.2 Å². The Bertz CT molecular complexity index is 1330. The molecule has 0 aliphatic rings. The summed E-state index contributed by atoms with van der Waals surface area (Å²) in [6.07, 6.45) is 0. The van der Waals surface area contributed by atoms with Crippen molar-refractivity contribution >= 4 is 87.2 Å². The van der Waals surface area contributed by atoms with Crippen LogP contribution in [0, 0.1) is 40.6 Å². The Kier molecular flexibility index (Phi) is 4.04. The monoisotopic (exact) mass is 402 g/mol. The van der Waals surface area contributed by atoms with Crippen LogP contribution in [0.4, 0.5) is 10.0 Å². The molecule has 0 amide bonds. The van der Waals surface area contributed by atoms with Crippen molar-refractivity contribution in [2.24, 2.45) is 9.98 Å². The smallest absolute Gasteiger partial charge is 0.350 e. The third kappa shape index (κ3) is 2.69. The molecule has 3 aromatic heterocycles. The van der Waals surface area contributed by atoms with Crippen LogP contribution in [0.5, 0.6) is 0 Å². The molecule has 0 atom stereocenters. The minimum atomic E-state index is -0.241. The highest BCUT2D eigenvalue weighted by Gasteiger charge is 2.19. The molecule has 124 valence electrons. The fraction of sp³-hybridized carbons (Fsp3) is 0. The van der Waals surface area contributed by atoms with E-state index in [1.165, 1.54) is 22.7 Å². The average Bonchev–Trinajstić information content (AvgIpc) is 3.40. The highest BCUT2D eigenvalue weighted by molar-refractivity contribution is 7.30. The maximum Gasteiger partial charge on any atom is 0.350 e. The Balaban J connectivity index is 2.07. The summed E-state index contributed by atoms with van der Waals surface area (Å²) in [4.78, 5) is 11.2. The zero-order valence-corrected chi connectivity index (χ0v) is 15.4. The van der Waals surface area contributed by atoms with E-state index < -0.39 is 0 Å². The van der Waals surface area contributed by atoms with Crippen molar-refractivity contribution < 1.29 is 0 Å². The Labute approximate surface area is 163 Å². The van der Waals surface area contributed by atoms with Crippen LogP contribution in [-0.4, -0.2) is 20.3 Å². The number of thiophene rings is 2. The number of amidine groups is 1. The number of fused-ring (bicyclic) bond motifs is 6. The molecule has 0 saturated heterocycles. The summed E-state index contributed by atoms with van der Waals surface area (Å²) in [6, 6.07) is 8.81. The van der Waals surface area contributed by atoms with E-state index in [4.69, 9.17) is 22.4 Å². The molecule has 8 nitrogen and oxygen atoms in total. The molecule has 4 aromatic rings. The molecule has 11 heteroatoms. The van der Waals surface area contributed by atoms with Gasteiger partial charge >= 0.3 is 5.84 Å². The molecule has 0 radical (unpaired) electrons. The van der Waals surface area contributed by atoms with Crippen LogP contribution >= 0.6 is 34.4 Å². The molecule has 4 rings (SSSR count). The highest BCUT2D eigenvalue weighted by Crippen LogP contribution is 2.46. The number of hydrogen-bond donors (Lipinski definition) is 0. The van der Waals surface area contributed by atoms with Crippen LogP contribution in [0.2, 0.25) is 0 Å². The lowest BCUT2D eigenvalue weighted by atomic mass is 10.1. The van der Waals surface area contributed by atoms with E-state index in [0.29, 0.717) is 21.0 Å². The number of rotatable bonds is 2. The molecule has 0 aliphatic carbocycles. The van der Waals surface area contributed by atoms with E-state index in [-0.39, 0.29) is 11.5 Å². The van der Waals surface area contributed by atoms with Gasteiger partial charge in [0.1, 0.15) is 34.2 Å². The first-order valence-electron chi connectivity index (χ1n) is 7.05. The second kappa shape index (κ2) is 6.53. The van der Waals surface area contributed by atoms with Crippen LogP contribution in [0.3, 0.4) is 0 Å². The van der Waals surface area contributed by atoms with Gasteiger partial charge in [-0.05, 0) is 6.07 Å². The van der Waals surface area contributed by atoms with E-state index in [0.717, 1.165) is 31.9 Å². The molecule has 0 aliphatic heterocycles. The number of nitrogens with zero attached hydrogens (tertiary/aromatic N) is 8. The van der Waals surface area contributed by atoms with Crippen molar-refractivity contribution in [2.75, 3.05) is 0 Å². The Morgan fingerprint density at radius 2 is 1.48 bits per heavy atom. The second-order valence-electron chi connectivity index (χ2n) is 4.96. The Morgan fingerprint density at radius 1 is 0.926 bits per heavy atom. The maximum absolute atomic E-state index is 8.93. The largest absolute Gasteiger partial charge is 0.351 e. The summed E-state index contributed by atoms with van der Waals surface area (Å²) < 4.78 is 10.5. The van der Waals surface area contributed by atoms with Gasteiger partial charge in [0, 0.05) is 16.8 Å². The highest BCUT2D eigenvalue weighted by atomic mass is 32.1. The fourth-order valence-corrected chi connectivity index (χ4v) is 5.26. The predicted octanol–water partition coefficient (Wildman–Crippen LogP) is 4.71. The maximum atomic E-state index is 8.93. The summed E-state index contributed by atoms with van der Waals surface area (Å²) in [6.45, 7) is 6.98. The lowest BCUT2D eigenvalue weighted by Gasteiger charge is -1.93. The fourth-order valence-electron chi connectivity index (χ4n) is 2.46. The average molecular weight is 402 g/mol. The molecular formula is C16H2N8S3. The van der Waals surface area contributed by atoms with Gasteiger partial charge in [-0.25, -0.2) is 10.3 Å². The zero-order chi connectivity index (χ0) is 19.0. The van der Waals surface area contributed by atoms with Gasteiger partial charge < -0.3 is 4.85 Å². The van der Waals surface area contributed by atoms with Crippen LogP contribution in [0.1, 0.15) is 0 Å². The quantitative estimate of drug-likeness (QED) is 0.272. The minimum absolute atomic E-state index is 0.224. The van der Waals surface area contributed by atoms with Crippen molar-refractivity contribution in [1.82, 2.24) is 8.75 Å². The summed E-state index contributed by atoms with van der Waals surface area (Å²) >= 11 is 3.74. The second-order valence-corrected chi connectivity index (χ2v) is 7.55. The van der Waals surface area contributed by atoms with Gasteiger partial charge in [0.2, 0.25) is 10.7 Å². The van der Waals surface area contributed by atoms with E-state index in [1.54, 1.807) is 30.3 Å².